The Bertz CT molecular complexity index is 574. The van der Waals surface area contributed by atoms with Gasteiger partial charge in [0.2, 0.25) is 11.7 Å². The minimum Gasteiger partial charge on any atom is -0.373 e. The number of nitrogens with zero attached hydrogens (tertiary/aromatic N) is 3. The lowest BCUT2D eigenvalue weighted by Crippen LogP contribution is -2.46. The summed E-state index contributed by atoms with van der Waals surface area (Å²) in [5.74, 6) is 1.31. The highest BCUT2D eigenvalue weighted by molar-refractivity contribution is 5.53. The van der Waals surface area contributed by atoms with E-state index in [2.05, 4.69) is 35.8 Å². The monoisotopic (exact) mass is 287 g/mol. The Hall–Kier alpha value is -1.72. The van der Waals surface area contributed by atoms with Gasteiger partial charge in [0.1, 0.15) is 0 Å². The molecule has 0 spiro atoms. The Labute approximate surface area is 124 Å². The van der Waals surface area contributed by atoms with Crippen molar-refractivity contribution in [2.45, 2.75) is 39.0 Å². The molecule has 5 nitrogen and oxygen atoms in total. The first-order valence-electron chi connectivity index (χ1n) is 7.42. The molecule has 0 saturated carbocycles. The molecule has 1 aliphatic heterocycles. The fourth-order valence-corrected chi connectivity index (χ4v) is 2.80. The van der Waals surface area contributed by atoms with E-state index in [1.54, 1.807) is 0 Å². The third kappa shape index (κ3) is 3.14. The van der Waals surface area contributed by atoms with E-state index in [0.717, 1.165) is 18.7 Å². The molecule has 1 saturated heterocycles. The lowest BCUT2D eigenvalue weighted by Gasteiger charge is -2.37. The van der Waals surface area contributed by atoms with Crippen molar-refractivity contribution in [1.29, 1.82) is 0 Å². The molecule has 3 rings (SSSR count). The third-order valence-corrected chi connectivity index (χ3v) is 3.83. The van der Waals surface area contributed by atoms with E-state index in [4.69, 9.17) is 9.26 Å². The first-order valence-corrected chi connectivity index (χ1v) is 7.42. The number of morpholine rings is 1. The van der Waals surface area contributed by atoms with E-state index in [-0.39, 0.29) is 18.2 Å². The van der Waals surface area contributed by atoms with E-state index < -0.39 is 0 Å². The van der Waals surface area contributed by atoms with E-state index in [9.17, 15) is 0 Å². The van der Waals surface area contributed by atoms with Gasteiger partial charge >= 0.3 is 0 Å². The summed E-state index contributed by atoms with van der Waals surface area (Å²) in [5.41, 5.74) is 0.975. The van der Waals surface area contributed by atoms with Gasteiger partial charge in [-0.15, -0.1) is 0 Å². The van der Waals surface area contributed by atoms with Crippen LogP contribution in [0.25, 0.3) is 11.4 Å². The van der Waals surface area contributed by atoms with Crippen LogP contribution in [0.1, 0.15) is 32.7 Å². The van der Waals surface area contributed by atoms with Gasteiger partial charge in [0.15, 0.2) is 0 Å². The molecule has 0 bridgehead atoms. The highest BCUT2D eigenvalue weighted by Gasteiger charge is 2.29. The zero-order valence-electron chi connectivity index (χ0n) is 12.7. The maximum absolute atomic E-state index is 5.77. The van der Waals surface area contributed by atoms with Crippen LogP contribution in [0.15, 0.2) is 34.9 Å². The summed E-state index contributed by atoms with van der Waals surface area (Å²) in [5, 5.41) is 4.10. The fourth-order valence-electron chi connectivity index (χ4n) is 2.80. The van der Waals surface area contributed by atoms with Crippen LogP contribution < -0.4 is 0 Å². The average Bonchev–Trinajstić information content (AvgIpc) is 2.96. The fraction of sp³-hybridized carbons (Fsp3) is 0.500. The Kier molecular flexibility index (Phi) is 4.03. The topological polar surface area (TPSA) is 51.4 Å². The maximum atomic E-state index is 5.77. The van der Waals surface area contributed by atoms with Crippen molar-refractivity contribution in [2.75, 3.05) is 13.1 Å². The quantitative estimate of drug-likeness (QED) is 0.868. The van der Waals surface area contributed by atoms with Crippen LogP contribution in [0.5, 0.6) is 0 Å². The first kappa shape index (κ1) is 14.2. The van der Waals surface area contributed by atoms with Gasteiger partial charge in [-0.2, -0.15) is 4.98 Å². The predicted molar refractivity (Wildman–Crippen MR) is 79.7 cm³/mol. The number of hydrogen-bond acceptors (Lipinski definition) is 5. The summed E-state index contributed by atoms with van der Waals surface area (Å²) in [7, 11) is 0. The first-order chi connectivity index (χ1) is 10.1. The second-order valence-corrected chi connectivity index (χ2v) is 5.71. The number of aromatic nitrogens is 2. The molecule has 0 unspecified atom stereocenters. The van der Waals surface area contributed by atoms with Crippen LogP contribution in [0, 0.1) is 0 Å². The minimum absolute atomic E-state index is 0.101. The van der Waals surface area contributed by atoms with Crippen molar-refractivity contribution in [3.63, 3.8) is 0 Å². The number of hydrogen-bond donors (Lipinski definition) is 0. The molecule has 3 atom stereocenters. The van der Waals surface area contributed by atoms with E-state index in [0.29, 0.717) is 11.7 Å². The van der Waals surface area contributed by atoms with Crippen molar-refractivity contribution in [1.82, 2.24) is 15.0 Å². The van der Waals surface area contributed by atoms with Crippen LogP contribution in [0.4, 0.5) is 0 Å². The Morgan fingerprint density at radius 2 is 1.81 bits per heavy atom. The summed E-state index contributed by atoms with van der Waals surface area (Å²) in [6.07, 6.45) is 0.459. The minimum atomic E-state index is 0.101. The van der Waals surface area contributed by atoms with Crippen LogP contribution in [-0.2, 0) is 4.74 Å². The number of ether oxygens (including phenoxy) is 1. The van der Waals surface area contributed by atoms with Gasteiger partial charge in [0.25, 0.3) is 0 Å². The Morgan fingerprint density at radius 3 is 2.48 bits per heavy atom. The van der Waals surface area contributed by atoms with Gasteiger partial charge in [-0.1, -0.05) is 35.5 Å². The van der Waals surface area contributed by atoms with Crippen molar-refractivity contribution < 1.29 is 9.26 Å². The molecule has 21 heavy (non-hydrogen) atoms. The Balaban J connectivity index is 1.76. The lowest BCUT2D eigenvalue weighted by atomic mass is 10.1. The number of rotatable bonds is 3. The maximum Gasteiger partial charge on any atom is 0.244 e. The van der Waals surface area contributed by atoms with Crippen molar-refractivity contribution in [2.24, 2.45) is 0 Å². The van der Waals surface area contributed by atoms with E-state index in [1.165, 1.54) is 0 Å². The molecule has 2 heterocycles. The van der Waals surface area contributed by atoms with Crippen LogP contribution >= 0.6 is 0 Å². The van der Waals surface area contributed by atoms with Crippen LogP contribution in [0.2, 0.25) is 0 Å². The summed E-state index contributed by atoms with van der Waals surface area (Å²) in [6, 6.07) is 9.99. The average molecular weight is 287 g/mol. The molecule has 5 heteroatoms. The standard InChI is InChI=1S/C16H21N3O2/c1-11-9-19(10-12(2)20-11)13(3)16-17-15(18-21-16)14-7-5-4-6-8-14/h4-8,11-13H,9-10H2,1-3H3/t11-,12-,13+/m1/s1. The highest BCUT2D eigenvalue weighted by Crippen LogP contribution is 2.25. The van der Waals surface area contributed by atoms with E-state index >= 15 is 0 Å². The highest BCUT2D eigenvalue weighted by atomic mass is 16.5. The molecule has 1 aromatic heterocycles. The molecule has 0 aliphatic carbocycles. The van der Waals surface area contributed by atoms with Gasteiger partial charge < -0.3 is 9.26 Å². The van der Waals surface area contributed by atoms with Crippen molar-refractivity contribution >= 4 is 0 Å². The molecule has 0 radical (unpaired) electrons. The predicted octanol–water partition coefficient (Wildman–Crippen LogP) is 2.91. The number of benzene rings is 1. The van der Waals surface area contributed by atoms with Gasteiger partial charge in [-0.3, -0.25) is 4.90 Å². The molecular formula is C16H21N3O2. The SMILES string of the molecule is C[C@@H]1CN([C@@H](C)c2nc(-c3ccccc3)no2)C[C@@H](C)O1. The van der Waals surface area contributed by atoms with Crippen LogP contribution in [-0.4, -0.2) is 40.3 Å². The zero-order chi connectivity index (χ0) is 14.8. The Morgan fingerprint density at radius 1 is 1.14 bits per heavy atom. The summed E-state index contributed by atoms with van der Waals surface area (Å²) in [4.78, 5) is 6.88. The van der Waals surface area contributed by atoms with Gasteiger partial charge in [0.05, 0.1) is 18.2 Å². The van der Waals surface area contributed by atoms with Crippen molar-refractivity contribution in [3.05, 3.63) is 36.2 Å². The molecule has 2 aromatic rings. The van der Waals surface area contributed by atoms with Gasteiger partial charge in [0, 0.05) is 18.7 Å². The molecule has 1 aliphatic rings. The van der Waals surface area contributed by atoms with Gasteiger partial charge in [-0.25, -0.2) is 0 Å². The second-order valence-electron chi connectivity index (χ2n) is 5.71. The second kappa shape index (κ2) is 5.95. The van der Waals surface area contributed by atoms with E-state index in [1.807, 2.05) is 30.3 Å². The van der Waals surface area contributed by atoms with Crippen LogP contribution in [0.3, 0.4) is 0 Å². The normalized spacial score (nSPS) is 24.9. The zero-order valence-corrected chi connectivity index (χ0v) is 12.7. The molecular weight excluding hydrogens is 266 g/mol. The largest absolute Gasteiger partial charge is 0.373 e. The molecule has 0 amide bonds. The molecule has 112 valence electrons. The molecule has 1 aromatic carbocycles. The van der Waals surface area contributed by atoms with Gasteiger partial charge in [-0.05, 0) is 20.8 Å². The third-order valence-electron chi connectivity index (χ3n) is 3.83. The lowest BCUT2D eigenvalue weighted by molar-refractivity contribution is -0.0818. The molecule has 1 fully saturated rings. The smallest absolute Gasteiger partial charge is 0.244 e. The van der Waals surface area contributed by atoms with Crippen molar-refractivity contribution in [3.8, 4) is 11.4 Å². The summed E-state index contributed by atoms with van der Waals surface area (Å²) in [6.45, 7) is 8.06. The molecule has 0 N–H and O–H groups in total. The summed E-state index contributed by atoms with van der Waals surface area (Å²) >= 11 is 0. The summed E-state index contributed by atoms with van der Waals surface area (Å²) < 4.78 is 11.2.